The van der Waals surface area contributed by atoms with Crippen LogP contribution in [0.2, 0.25) is 0 Å². The summed E-state index contributed by atoms with van der Waals surface area (Å²) in [6, 6.07) is 16.5. The molecule has 4 aromatic rings. The Morgan fingerprint density at radius 3 is 2.45 bits per heavy atom. The van der Waals surface area contributed by atoms with Gasteiger partial charge in [-0.05, 0) is 63.8 Å². The van der Waals surface area contributed by atoms with E-state index < -0.39 is 25.1 Å². The molecule has 0 amide bonds. The first-order chi connectivity index (χ1) is 19.2. The van der Waals surface area contributed by atoms with Gasteiger partial charge in [-0.25, -0.2) is 4.98 Å². The number of aliphatic hydroxyl groups excluding tert-OH is 2. The van der Waals surface area contributed by atoms with E-state index in [1.165, 1.54) is 7.11 Å². The van der Waals surface area contributed by atoms with Crippen molar-refractivity contribution in [3.63, 3.8) is 0 Å². The molecule has 0 fully saturated rings. The van der Waals surface area contributed by atoms with Crippen molar-refractivity contribution in [2.45, 2.75) is 24.9 Å². The molecule has 10 heteroatoms. The van der Waals surface area contributed by atoms with Gasteiger partial charge in [-0.3, -0.25) is 4.98 Å². The van der Waals surface area contributed by atoms with Gasteiger partial charge in [-0.1, -0.05) is 34.1 Å². The minimum atomic E-state index is -1.55. The number of halogens is 1. The minimum Gasteiger partial charge on any atom is -0.481 e. The molecule has 2 atom stereocenters. The average molecular weight is 613 g/mol. The number of rotatable bonds is 12. The SMILES string of the molecule is COc1nc2ccc(Br)cc2cc1[C@@H](c1cccc(OCO)c1OCO)[C@@](O)(CCN(C)C)c1cccnc1C. The Hall–Kier alpha value is -3.28. The second-order valence-corrected chi connectivity index (χ2v) is 10.6. The lowest BCUT2D eigenvalue weighted by molar-refractivity contribution is 0.000910. The number of para-hydroxylation sites is 1. The molecule has 2 heterocycles. The van der Waals surface area contributed by atoms with Crippen LogP contribution in [0.3, 0.4) is 0 Å². The highest BCUT2D eigenvalue weighted by atomic mass is 79.9. The summed E-state index contributed by atoms with van der Waals surface area (Å²) < 4.78 is 17.9. The maximum absolute atomic E-state index is 13.0. The predicted molar refractivity (Wildman–Crippen MR) is 156 cm³/mol. The van der Waals surface area contributed by atoms with Crippen molar-refractivity contribution >= 4 is 26.8 Å². The lowest BCUT2D eigenvalue weighted by atomic mass is 9.71. The van der Waals surface area contributed by atoms with E-state index in [0.717, 1.165) is 15.4 Å². The molecule has 4 rings (SSSR count). The van der Waals surface area contributed by atoms with Crippen LogP contribution in [-0.2, 0) is 5.60 Å². The fourth-order valence-corrected chi connectivity index (χ4v) is 5.51. The fraction of sp³-hybridized carbons (Fsp3) is 0.333. The van der Waals surface area contributed by atoms with Crippen LogP contribution in [0.4, 0.5) is 0 Å². The van der Waals surface area contributed by atoms with Gasteiger partial charge in [0.2, 0.25) is 5.88 Å². The van der Waals surface area contributed by atoms with Crippen molar-refractivity contribution in [3.05, 3.63) is 87.7 Å². The van der Waals surface area contributed by atoms with E-state index in [-0.39, 0.29) is 11.5 Å². The van der Waals surface area contributed by atoms with Crippen molar-refractivity contribution in [2.75, 3.05) is 41.3 Å². The average Bonchev–Trinajstić information content (AvgIpc) is 2.93. The molecule has 40 heavy (non-hydrogen) atoms. The number of aromatic nitrogens is 2. The quantitative estimate of drug-likeness (QED) is 0.201. The molecule has 0 spiro atoms. The first kappa shape index (κ1) is 29.7. The molecular weight excluding hydrogens is 578 g/mol. The standard InChI is InChI=1S/C30H34BrN3O6/c1-19-24(8-6-13-32-19)30(37,12-14-34(2)3)27(22-7-5-9-26(39-17-35)28(22)40-18-36)23-16-20-15-21(31)10-11-25(20)33-29(23)38-4/h5-11,13,15-16,27,35-37H,12,14,17-18H2,1-4H3/t27-,30-/m1/s1. The van der Waals surface area contributed by atoms with Crippen molar-refractivity contribution in [1.29, 1.82) is 0 Å². The van der Waals surface area contributed by atoms with Gasteiger partial charge in [0.05, 0.1) is 18.5 Å². The zero-order valence-corrected chi connectivity index (χ0v) is 24.6. The van der Waals surface area contributed by atoms with Crippen LogP contribution >= 0.6 is 15.9 Å². The number of aliphatic hydroxyl groups is 3. The molecule has 0 unspecified atom stereocenters. The summed E-state index contributed by atoms with van der Waals surface area (Å²) in [6.45, 7) is 1.15. The Bertz CT molecular complexity index is 1470. The van der Waals surface area contributed by atoms with E-state index in [9.17, 15) is 15.3 Å². The van der Waals surface area contributed by atoms with Crippen LogP contribution in [0.1, 0.15) is 34.7 Å². The highest BCUT2D eigenvalue weighted by molar-refractivity contribution is 9.10. The second kappa shape index (κ2) is 12.9. The molecular formula is C30H34BrN3O6. The molecule has 0 aliphatic rings. The summed E-state index contributed by atoms with van der Waals surface area (Å²) in [5.74, 6) is -0.101. The molecule has 0 saturated heterocycles. The third kappa shape index (κ3) is 6.06. The van der Waals surface area contributed by atoms with E-state index in [1.807, 2.05) is 56.3 Å². The van der Waals surface area contributed by atoms with E-state index in [1.54, 1.807) is 30.5 Å². The van der Waals surface area contributed by atoms with Crippen molar-refractivity contribution in [3.8, 4) is 17.4 Å². The number of ether oxygens (including phenoxy) is 3. The first-order valence-electron chi connectivity index (χ1n) is 12.8. The number of hydrogen-bond acceptors (Lipinski definition) is 9. The Balaban J connectivity index is 2.13. The van der Waals surface area contributed by atoms with Gasteiger partial charge in [-0.2, -0.15) is 0 Å². The van der Waals surface area contributed by atoms with Crippen molar-refractivity contribution in [2.24, 2.45) is 0 Å². The van der Waals surface area contributed by atoms with E-state index in [4.69, 9.17) is 19.2 Å². The summed E-state index contributed by atoms with van der Waals surface area (Å²) in [6.07, 6.45) is 1.99. The predicted octanol–water partition coefficient (Wildman–Crippen LogP) is 4.34. The number of benzene rings is 2. The van der Waals surface area contributed by atoms with E-state index in [2.05, 4.69) is 20.9 Å². The molecule has 3 N–H and O–H groups in total. The number of methoxy groups -OCH3 is 1. The van der Waals surface area contributed by atoms with Gasteiger partial charge >= 0.3 is 0 Å². The number of hydrogen-bond donors (Lipinski definition) is 3. The van der Waals surface area contributed by atoms with Crippen molar-refractivity contribution in [1.82, 2.24) is 14.9 Å². The molecule has 0 bridgehead atoms. The molecule has 212 valence electrons. The van der Waals surface area contributed by atoms with Crippen LogP contribution < -0.4 is 14.2 Å². The highest BCUT2D eigenvalue weighted by Crippen LogP contribution is 2.51. The van der Waals surface area contributed by atoms with Crippen LogP contribution in [0, 0.1) is 6.92 Å². The van der Waals surface area contributed by atoms with Crippen LogP contribution in [-0.4, -0.2) is 71.5 Å². The lowest BCUT2D eigenvalue weighted by Gasteiger charge is -2.40. The Kier molecular flexibility index (Phi) is 9.60. The number of aryl methyl sites for hydroxylation is 1. The maximum Gasteiger partial charge on any atom is 0.217 e. The Morgan fingerprint density at radius 2 is 1.77 bits per heavy atom. The van der Waals surface area contributed by atoms with Gasteiger partial charge in [0, 0.05) is 45.0 Å². The second-order valence-electron chi connectivity index (χ2n) is 9.69. The van der Waals surface area contributed by atoms with Crippen molar-refractivity contribution < 1.29 is 29.5 Å². The van der Waals surface area contributed by atoms with Gasteiger partial charge in [0.15, 0.2) is 25.1 Å². The van der Waals surface area contributed by atoms with E-state index in [0.29, 0.717) is 41.2 Å². The Morgan fingerprint density at radius 1 is 1.00 bits per heavy atom. The van der Waals surface area contributed by atoms with Crippen LogP contribution in [0.25, 0.3) is 10.9 Å². The topological polar surface area (TPSA) is 117 Å². The van der Waals surface area contributed by atoms with E-state index >= 15 is 0 Å². The van der Waals surface area contributed by atoms with Crippen LogP contribution in [0.5, 0.6) is 17.4 Å². The summed E-state index contributed by atoms with van der Waals surface area (Å²) in [5.41, 5.74) is 1.57. The highest BCUT2D eigenvalue weighted by Gasteiger charge is 2.45. The monoisotopic (exact) mass is 611 g/mol. The molecule has 0 aliphatic heterocycles. The summed E-state index contributed by atoms with van der Waals surface area (Å²) in [4.78, 5) is 11.3. The largest absolute Gasteiger partial charge is 0.481 e. The first-order valence-corrected chi connectivity index (χ1v) is 13.6. The van der Waals surface area contributed by atoms with Gasteiger partial charge in [0.1, 0.15) is 5.60 Å². The Labute approximate surface area is 242 Å². The lowest BCUT2D eigenvalue weighted by Crippen LogP contribution is -2.39. The van der Waals surface area contributed by atoms with Gasteiger partial charge in [-0.15, -0.1) is 0 Å². The fourth-order valence-electron chi connectivity index (χ4n) is 5.13. The van der Waals surface area contributed by atoms with Gasteiger partial charge in [0.25, 0.3) is 0 Å². The van der Waals surface area contributed by atoms with Gasteiger partial charge < -0.3 is 34.4 Å². The summed E-state index contributed by atoms with van der Waals surface area (Å²) in [7, 11) is 5.42. The molecule has 2 aromatic carbocycles. The number of fused-ring (bicyclic) bond motifs is 1. The molecule has 0 radical (unpaired) electrons. The minimum absolute atomic E-state index is 0.185. The molecule has 0 aliphatic carbocycles. The smallest absolute Gasteiger partial charge is 0.217 e. The zero-order chi connectivity index (χ0) is 28.9. The summed E-state index contributed by atoms with van der Waals surface area (Å²) >= 11 is 3.55. The zero-order valence-electron chi connectivity index (χ0n) is 23.0. The molecule has 2 aromatic heterocycles. The summed E-state index contributed by atoms with van der Waals surface area (Å²) in [5, 5.41) is 33.2. The third-order valence-corrected chi connectivity index (χ3v) is 7.41. The number of nitrogens with zero attached hydrogens (tertiary/aromatic N) is 3. The molecule has 9 nitrogen and oxygen atoms in total. The van der Waals surface area contributed by atoms with Crippen LogP contribution in [0.15, 0.2) is 65.3 Å². The number of pyridine rings is 2. The normalized spacial score (nSPS) is 13.7. The molecule has 0 saturated carbocycles. The maximum atomic E-state index is 13.0. The third-order valence-electron chi connectivity index (χ3n) is 6.91.